The van der Waals surface area contributed by atoms with Crippen molar-refractivity contribution in [2.45, 2.75) is 31.3 Å². The van der Waals surface area contributed by atoms with Crippen molar-refractivity contribution >= 4 is 36.8 Å². The third-order valence-electron chi connectivity index (χ3n) is 1.68. The average Bonchev–Trinajstić information content (AvgIpc) is 2.00. The summed E-state index contributed by atoms with van der Waals surface area (Å²) in [5, 5.41) is -0.757. The molecule has 0 aliphatic heterocycles. The molecule has 4 heteroatoms. The highest BCUT2D eigenvalue weighted by Crippen LogP contribution is 2.11. The molecule has 0 fully saturated rings. The third kappa shape index (κ3) is 3.19. The van der Waals surface area contributed by atoms with Gasteiger partial charge in [-0.3, -0.25) is 9.59 Å². The monoisotopic (exact) mass is 206 g/mol. The van der Waals surface area contributed by atoms with Crippen molar-refractivity contribution in [3.05, 3.63) is 0 Å². The number of hydrogen-bond donors (Lipinski definition) is 2. The number of rotatable bonds is 4. The Balaban J connectivity index is 4.30. The van der Waals surface area contributed by atoms with Gasteiger partial charge in [0.2, 0.25) is 0 Å². The second-order valence-electron chi connectivity index (χ2n) is 2.88. The molecule has 0 rings (SSSR count). The predicted octanol–water partition coefficient (Wildman–Crippen LogP) is 1.40. The fourth-order valence-corrected chi connectivity index (χ4v) is 1.31. The lowest BCUT2D eigenvalue weighted by Crippen LogP contribution is -2.30. The Morgan fingerprint density at radius 3 is 1.33 bits per heavy atom. The summed E-state index contributed by atoms with van der Waals surface area (Å²) in [5.74, 6) is -0.849. The standard InChI is InChI=1S/C8H14O2S2/c1-4(7(9)5(2)11)8(10)6(3)12/h4-6,11-12H,1-3H3. The number of thiol groups is 2. The molecule has 0 spiro atoms. The van der Waals surface area contributed by atoms with E-state index in [-0.39, 0.29) is 22.1 Å². The molecule has 0 aromatic rings. The van der Waals surface area contributed by atoms with Gasteiger partial charge < -0.3 is 0 Å². The van der Waals surface area contributed by atoms with Crippen molar-refractivity contribution in [3.63, 3.8) is 0 Å². The van der Waals surface area contributed by atoms with Crippen LogP contribution in [0.5, 0.6) is 0 Å². The molecule has 2 nitrogen and oxygen atoms in total. The van der Waals surface area contributed by atoms with E-state index in [2.05, 4.69) is 25.3 Å². The maximum Gasteiger partial charge on any atom is 0.155 e. The largest absolute Gasteiger partial charge is 0.298 e. The summed E-state index contributed by atoms with van der Waals surface area (Å²) in [6, 6.07) is 0. The molecule has 70 valence electrons. The van der Waals surface area contributed by atoms with Gasteiger partial charge >= 0.3 is 0 Å². The summed E-state index contributed by atoms with van der Waals surface area (Å²) in [6.07, 6.45) is 0. The smallest absolute Gasteiger partial charge is 0.155 e. The lowest BCUT2D eigenvalue weighted by Gasteiger charge is -2.12. The molecule has 2 atom stereocenters. The Bertz CT molecular complexity index is 167. The molecule has 0 amide bonds. The first kappa shape index (κ1) is 12.0. The van der Waals surface area contributed by atoms with E-state index < -0.39 is 5.92 Å². The number of carbonyl (C=O) groups is 2. The fourth-order valence-electron chi connectivity index (χ4n) is 0.864. The molecule has 0 saturated heterocycles. The quantitative estimate of drug-likeness (QED) is 0.538. The van der Waals surface area contributed by atoms with E-state index in [1.807, 2.05) is 0 Å². The Hall–Kier alpha value is 0.0400. The second kappa shape index (κ2) is 4.92. The molecular weight excluding hydrogens is 192 g/mol. The van der Waals surface area contributed by atoms with Gasteiger partial charge in [0.1, 0.15) is 0 Å². The molecular formula is C8H14O2S2. The molecule has 0 radical (unpaired) electrons. The van der Waals surface area contributed by atoms with Crippen LogP contribution in [-0.4, -0.2) is 22.1 Å². The van der Waals surface area contributed by atoms with Crippen LogP contribution in [0.3, 0.4) is 0 Å². The van der Waals surface area contributed by atoms with Gasteiger partial charge in [-0.2, -0.15) is 25.3 Å². The minimum Gasteiger partial charge on any atom is -0.298 e. The summed E-state index contributed by atoms with van der Waals surface area (Å²) >= 11 is 7.94. The van der Waals surface area contributed by atoms with Crippen LogP contribution < -0.4 is 0 Å². The number of hydrogen-bond acceptors (Lipinski definition) is 4. The van der Waals surface area contributed by atoms with E-state index in [9.17, 15) is 9.59 Å². The van der Waals surface area contributed by atoms with Gasteiger partial charge in [0.05, 0.1) is 16.4 Å². The lowest BCUT2D eigenvalue weighted by atomic mass is 9.97. The highest BCUT2D eigenvalue weighted by molar-refractivity contribution is 7.82. The predicted molar refractivity (Wildman–Crippen MR) is 56.1 cm³/mol. The molecule has 0 bridgehead atoms. The van der Waals surface area contributed by atoms with Gasteiger partial charge in [-0.25, -0.2) is 0 Å². The van der Waals surface area contributed by atoms with E-state index in [1.165, 1.54) is 0 Å². The van der Waals surface area contributed by atoms with Crippen LogP contribution in [0, 0.1) is 5.92 Å². The molecule has 0 aliphatic carbocycles. The van der Waals surface area contributed by atoms with Crippen molar-refractivity contribution in [1.29, 1.82) is 0 Å². The first-order chi connectivity index (χ1) is 5.37. The number of ketones is 2. The minimum absolute atomic E-state index is 0.135. The van der Waals surface area contributed by atoms with Gasteiger partial charge in [-0.15, -0.1) is 0 Å². The van der Waals surface area contributed by atoms with E-state index in [4.69, 9.17) is 0 Å². The van der Waals surface area contributed by atoms with Crippen molar-refractivity contribution in [2.24, 2.45) is 5.92 Å². The molecule has 0 saturated carbocycles. The highest BCUT2D eigenvalue weighted by Gasteiger charge is 2.25. The molecule has 0 aromatic carbocycles. The highest BCUT2D eigenvalue weighted by atomic mass is 32.1. The van der Waals surface area contributed by atoms with Gasteiger partial charge in [0, 0.05) is 0 Å². The van der Waals surface area contributed by atoms with E-state index in [1.54, 1.807) is 20.8 Å². The maximum atomic E-state index is 11.3. The van der Waals surface area contributed by atoms with Crippen molar-refractivity contribution < 1.29 is 9.59 Å². The van der Waals surface area contributed by atoms with Crippen LogP contribution in [0.15, 0.2) is 0 Å². The first-order valence-electron chi connectivity index (χ1n) is 3.81. The summed E-state index contributed by atoms with van der Waals surface area (Å²) in [5.41, 5.74) is 0. The maximum absolute atomic E-state index is 11.3. The Kier molecular flexibility index (Phi) is 4.94. The Morgan fingerprint density at radius 1 is 0.917 bits per heavy atom. The molecule has 0 aliphatic rings. The Morgan fingerprint density at radius 2 is 1.17 bits per heavy atom. The topological polar surface area (TPSA) is 34.1 Å². The van der Waals surface area contributed by atoms with Gasteiger partial charge in [0.25, 0.3) is 0 Å². The summed E-state index contributed by atoms with van der Waals surface area (Å²) in [7, 11) is 0. The van der Waals surface area contributed by atoms with Gasteiger partial charge in [-0.05, 0) is 20.8 Å². The minimum atomic E-state index is -0.579. The summed E-state index contributed by atoms with van der Waals surface area (Å²) in [6.45, 7) is 4.93. The first-order valence-corrected chi connectivity index (χ1v) is 4.84. The molecule has 2 unspecified atom stereocenters. The van der Waals surface area contributed by atoms with E-state index in [0.29, 0.717) is 0 Å². The van der Waals surface area contributed by atoms with Gasteiger partial charge in [0.15, 0.2) is 11.6 Å². The summed E-state index contributed by atoms with van der Waals surface area (Å²) in [4.78, 5) is 22.5. The zero-order chi connectivity index (χ0) is 9.89. The van der Waals surface area contributed by atoms with Crippen LogP contribution in [-0.2, 0) is 9.59 Å². The van der Waals surface area contributed by atoms with Crippen molar-refractivity contribution in [1.82, 2.24) is 0 Å². The lowest BCUT2D eigenvalue weighted by molar-refractivity contribution is -0.131. The van der Waals surface area contributed by atoms with E-state index >= 15 is 0 Å². The average molecular weight is 206 g/mol. The van der Waals surface area contributed by atoms with Crippen LogP contribution in [0.1, 0.15) is 20.8 Å². The van der Waals surface area contributed by atoms with Gasteiger partial charge in [-0.1, -0.05) is 0 Å². The molecule has 0 aromatic heterocycles. The third-order valence-corrected chi connectivity index (χ3v) is 2.19. The molecule has 0 N–H and O–H groups in total. The van der Waals surface area contributed by atoms with E-state index in [0.717, 1.165) is 0 Å². The number of carbonyl (C=O) groups excluding carboxylic acids is 2. The van der Waals surface area contributed by atoms with Crippen LogP contribution >= 0.6 is 25.3 Å². The number of Topliss-reactive ketones (excluding diaryl/α,β-unsaturated/α-hetero) is 2. The van der Waals surface area contributed by atoms with Crippen molar-refractivity contribution in [3.8, 4) is 0 Å². The normalized spacial score (nSPS) is 18.1. The zero-order valence-electron chi connectivity index (χ0n) is 7.44. The van der Waals surface area contributed by atoms with Crippen molar-refractivity contribution in [2.75, 3.05) is 0 Å². The molecule has 0 heterocycles. The Labute approximate surface area is 83.9 Å². The zero-order valence-corrected chi connectivity index (χ0v) is 9.23. The SMILES string of the molecule is CC(S)C(=O)C(C)C(=O)C(C)S. The summed E-state index contributed by atoms with van der Waals surface area (Å²) < 4.78 is 0. The fraction of sp³-hybridized carbons (Fsp3) is 0.750. The second-order valence-corrected chi connectivity index (χ2v) is 4.43. The van der Waals surface area contributed by atoms with Crippen LogP contribution in [0.2, 0.25) is 0 Å². The molecule has 12 heavy (non-hydrogen) atoms. The van der Waals surface area contributed by atoms with Crippen LogP contribution in [0.4, 0.5) is 0 Å². The van der Waals surface area contributed by atoms with Crippen LogP contribution in [0.25, 0.3) is 0 Å².